The highest BCUT2D eigenvalue weighted by atomic mass is 16.4. The maximum Gasteiger partial charge on any atom is 0.335 e. The van der Waals surface area contributed by atoms with E-state index in [9.17, 15) is 29.7 Å². The number of benzene rings is 4. The molecule has 0 saturated heterocycles. The molecule has 0 saturated carbocycles. The van der Waals surface area contributed by atoms with Gasteiger partial charge in [-0.2, -0.15) is 0 Å². The third-order valence-corrected chi connectivity index (χ3v) is 5.52. The van der Waals surface area contributed by atoms with Crippen LogP contribution in [-0.4, -0.2) is 33.2 Å². The van der Waals surface area contributed by atoms with Crippen LogP contribution in [0.25, 0.3) is 11.1 Å². The Labute approximate surface area is 201 Å². The second-order valence-electron chi connectivity index (χ2n) is 7.69. The molecule has 0 bridgehead atoms. The maximum atomic E-state index is 11.4. The molecule has 0 spiro atoms. The molecule has 0 aliphatic carbocycles. The Kier molecular flexibility index (Phi) is 6.55. The highest BCUT2D eigenvalue weighted by Crippen LogP contribution is 2.37. The van der Waals surface area contributed by atoms with E-state index in [2.05, 4.69) is 6.07 Å². The van der Waals surface area contributed by atoms with Crippen LogP contribution in [-0.2, 0) is 0 Å². The minimum Gasteiger partial charge on any atom is -0.478 e. The lowest BCUT2D eigenvalue weighted by Gasteiger charge is -2.18. The zero-order valence-corrected chi connectivity index (χ0v) is 18.3. The van der Waals surface area contributed by atoms with Gasteiger partial charge in [-0.1, -0.05) is 60.7 Å². The number of rotatable bonds is 7. The highest BCUT2D eigenvalue weighted by molar-refractivity contribution is 6.05. The molecular formula is C29H19O6. The highest BCUT2D eigenvalue weighted by Gasteiger charge is 2.18. The topological polar surface area (TPSA) is 112 Å². The first kappa shape index (κ1) is 23.2. The molecule has 0 atom stereocenters. The summed E-state index contributed by atoms with van der Waals surface area (Å²) in [6, 6.07) is 29.6. The second-order valence-corrected chi connectivity index (χ2v) is 7.69. The fraction of sp³-hybridized carbons (Fsp3) is 0. The molecule has 0 heterocycles. The molecule has 1 radical (unpaired) electrons. The van der Waals surface area contributed by atoms with Crippen molar-refractivity contribution >= 4 is 29.1 Å². The predicted octanol–water partition coefficient (Wildman–Crippen LogP) is 5.59. The zero-order chi connectivity index (χ0) is 24.9. The lowest BCUT2D eigenvalue weighted by atomic mass is 9.85. The normalized spacial score (nSPS) is 10.4. The molecule has 6 heteroatoms. The smallest absolute Gasteiger partial charge is 0.335 e. The van der Waals surface area contributed by atoms with Crippen LogP contribution in [0.2, 0.25) is 0 Å². The summed E-state index contributed by atoms with van der Waals surface area (Å²) in [5, 5.41) is 28.0. The zero-order valence-electron chi connectivity index (χ0n) is 18.3. The average Bonchev–Trinajstić information content (AvgIpc) is 2.88. The molecule has 0 aromatic heterocycles. The molecular weight excluding hydrogens is 444 g/mol. The van der Waals surface area contributed by atoms with Gasteiger partial charge in [0.1, 0.15) is 0 Å². The third kappa shape index (κ3) is 5.02. The molecule has 0 aliphatic rings. The molecule has 0 amide bonds. The Hall–Kier alpha value is -4.97. The van der Waals surface area contributed by atoms with Crippen molar-refractivity contribution in [2.45, 2.75) is 0 Å². The number of carboxylic acid groups (broad SMARTS) is 3. The largest absolute Gasteiger partial charge is 0.478 e. The monoisotopic (exact) mass is 463 g/mol. The maximum absolute atomic E-state index is 11.4. The minimum absolute atomic E-state index is 0.135. The molecule has 4 aromatic carbocycles. The molecule has 0 unspecified atom stereocenters. The first-order valence-corrected chi connectivity index (χ1v) is 10.6. The first-order chi connectivity index (χ1) is 16.8. The van der Waals surface area contributed by atoms with Gasteiger partial charge in [0.05, 0.1) is 16.7 Å². The van der Waals surface area contributed by atoms with Crippen molar-refractivity contribution in [3.05, 3.63) is 142 Å². The molecule has 4 rings (SSSR count). The molecule has 4 aromatic rings. The summed E-state index contributed by atoms with van der Waals surface area (Å²) in [7, 11) is 0. The van der Waals surface area contributed by atoms with Crippen molar-refractivity contribution < 1.29 is 29.7 Å². The van der Waals surface area contributed by atoms with E-state index in [0.29, 0.717) is 11.1 Å². The number of hydrogen-bond donors (Lipinski definition) is 3. The van der Waals surface area contributed by atoms with Crippen LogP contribution in [0.1, 0.15) is 53.3 Å². The average molecular weight is 463 g/mol. The van der Waals surface area contributed by atoms with Crippen LogP contribution >= 0.6 is 0 Å². The summed E-state index contributed by atoms with van der Waals surface area (Å²) in [5.74, 6) is -3.13. The minimum atomic E-state index is -1.05. The van der Waals surface area contributed by atoms with E-state index in [1.165, 1.54) is 36.4 Å². The van der Waals surface area contributed by atoms with E-state index in [1.807, 2.05) is 12.1 Å². The van der Waals surface area contributed by atoms with Crippen LogP contribution in [0.5, 0.6) is 0 Å². The number of aromatic carboxylic acids is 3. The van der Waals surface area contributed by atoms with Crippen molar-refractivity contribution in [1.82, 2.24) is 0 Å². The summed E-state index contributed by atoms with van der Waals surface area (Å²) in [4.78, 5) is 34.2. The Morgan fingerprint density at radius 3 is 0.886 bits per heavy atom. The fourth-order valence-corrected chi connectivity index (χ4v) is 3.80. The molecule has 0 aliphatic heterocycles. The van der Waals surface area contributed by atoms with Crippen LogP contribution in [0.3, 0.4) is 0 Å². The van der Waals surface area contributed by atoms with E-state index in [4.69, 9.17) is 0 Å². The molecule has 6 nitrogen and oxygen atoms in total. The van der Waals surface area contributed by atoms with Crippen LogP contribution in [0.15, 0.2) is 97.1 Å². The van der Waals surface area contributed by atoms with Gasteiger partial charge in [0.25, 0.3) is 0 Å². The summed E-state index contributed by atoms with van der Waals surface area (Å²) in [6.45, 7) is 0. The second kappa shape index (κ2) is 9.89. The summed E-state index contributed by atoms with van der Waals surface area (Å²) < 4.78 is 0. The van der Waals surface area contributed by atoms with Crippen LogP contribution in [0.4, 0.5) is 0 Å². The van der Waals surface area contributed by atoms with Gasteiger partial charge in [0, 0.05) is 0 Å². The van der Waals surface area contributed by atoms with Gasteiger partial charge in [-0.25, -0.2) is 14.4 Å². The van der Waals surface area contributed by atoms with Gasteiger partial charge in [0.15, 0.2) is 0 Å². The number of carboxylic acids is 3. The van der Waals surface area contributed by atoms with Gasteiger partial charge in [-0.15, -0.1) is 0 Å². The van der Waals surface area contributed by atoms with Gasteiger partial charge in [-0.3, -0.25) is 0 Å². The van der Waals surface area contributed by atoms with Crippen LogP contribution < -0.4 is 0 Å². The van der Waals surface area contributed by atoms with Gasteiger partial charge < -0.3 is 15.3 Å². The number of carbonyl (C=O) groups is 3. The Morgan fingerprint density at radius 2 is 0.629 bits per heavy atom. The van der Waals surface area contributed by atoms with Gasteiger partial charge >= 0.3 is 17.9 Å². The SMILES string of the molecule is O=C(O)c1ccc(C(=C(c2ccc(C(=O)O)cc2)c2ccc(C(=O)O)cc2)c2cc[c]cc2)cc1. The van der Waals surface area contributed by atoms with Crippen molar-refractivity contribution in [1.29, 1.82) is 0 Å². The van der Waals surface area contributed by atoms with Crippen molar-refractivity contribution in [3.8, 4) is 0 Å². The standard InChI is InChI=1S/C29H19O6/c30-27(31)22-12-6-19(7-13-22)25(18-4-2-1-3-5-18)26(20-8-14-23(15-9-20)28(32)33)21-10-16-24(17-11-21)29(34)35/h2-17H,(H,30,31)(H,32,33)(H,34,35). The van der Waals surface area contributed by atoms with Crippen molar-refractivity contribution in [2.24, 2.45) is 0 Å². The van der Waals surface area contributed by atoms with E-state index < -0.39 is 17.9 Å². The van der Waals surface area contributed by atoms with E-state index in [0.717, 1.165) is 22.3 Å². The third-order valence-electron chi connectivity index (χ3n) is 5.52. The lowest BCUT2D eigenvalue weighted by molar-refractivity contribution is 0.0686. The Balaban J connectivity index is 2.04. The summed E-state index contributed by atoms with van der Waals surface area (Å²) in [6.07, 6.45) is 0. The molecule has 0 fully saturated rings. The molecule has 171 valence electrons. The van der Waals surface area contributed by atoms with E-state index in [-0.39, 0.29) is 16.7 Å². The van der Waals surface area contributed by atoms with Crippen LogP contribution in [0, 0.1) is 6.07 Å². The summed E-state index contributed by atoms with van der Waals surface area (Å²) in [5.41, 5.74) is 4.90. The Bertz CT molecular complexity index is 1360. The number of hydrogen-bond acceptors (Lipinski definition) is 3. The molecule has 35 heavy (non-hydrogen) atoms. The first-order valence-electron chi connectivity index (χ1n) is 10.6. The van der Waals surface area contributed by atoms with Gasteiger partial charge in [0.2, 0.25) is 0 Å². The van der Waals surface area contributed by atoms with Crippen molar-refractivity contribution in [2.75, 3.05) is 0 Å². The predicted molar refractivity (Wildman–Crippen MR) is 130 cm³/mol. The van der Waals surface area contributed by atoms with Gasteiger partial charge in [-0.05, 0) is 75.9 Å². The van der Waals surface area contributed by atoms with Crippen molar-refractivity contribution in [3.63, 3.8) is 0 Å². The van der Waals surface area contributed by atoms with E-state index >= 15 is 0 Å². The van der Waals surface area contributed by atoms with E-state index in [1.54, 1.807) is 48.5 Å². The lowest BCUT2D eigenvalue weighted by Crippen LogP contribution is -2.02. The molecule has 3 N–H and O–H groups in total. The Morgan fingerprint density at radius 1 is 0.400 bits per heavy atom. The quantitative estimate of drug-likeness (QED) is 0.308. The summed E-state index contributed by atoms with van der Waals surface area (Å²) >= 11 is 0. The fourth-order valence-electron chi connectivity index (χ4n) is 3.80.